The summed E-state index contributed by atoms with van der Waals surface area (Å²) in [5.41, 5.74) is 2.14. The summed E-state index contributed by atoms with van der Waals surface area (Å²) in [6.45, 7) is 10.8. The van der Waals surface area contributed by atoms with Crippen molar-refractivity contribution in [3.63, 3.8) is 0 Å². The minimum absolute atomic E-state index is 0.0842. The first-order valence-electron chi connectivity index (χ1n) is 9.77. The van der Waals surface area contributed by atoms with Crippen LogP contribution in [0.2, 0.25) is 0 Å². The molecular formula is C21H30N2O4S2. The molecule has 0 saturated carbocycles. The second-order valence-electron chi connectivity index (χ2n) is 7.07. The standard InChI is InChI=1S/C21H30N2O4S2/c1-6-23(7-2)29(25,26)21-11-9-17(28-21)13-22-20(24)14-27-19-12-16(5)8-10-18(19)15(3)4/h8-12,15H,6-7,13-14H2,1-5H3,(H,22,24). The summed E-state index contributed by atoms with van der Waals surface area (Å²) in [6.07, 6.45) is 0. The first-order valence-corrected chi connectivity index (χ1v) is 12.0. The van der Waals surface area contributed by atoms with Crippen molar-refractivity contribution in [3.8, 4) is 5.75 Å². The number of aryl methyl sites for hydroxylation is 1. The summed E-state index contributed by atoms with van der Waals surface area (Å²) in [6, 6.07) is 9.32. The van der Waals surface area contributed by atoms with E-state index in [1.165, 1.54) is 15.6 Å². The lowest BCUT2D eigenvalue weighted by atomic mass is 10.0. The number of thiophene rings is 1. The molecular weight excluding hydrogens is 408 g/mol. The summed E-state index contributed by atoms with van der Waals surface area (Å²) in [5.74, 6) is 0.771. The molecule has 0 saturated heterocycles. The van der Waals surface area contributed by atoms with E-state index in [2.05, 4.69) is 19.2 Å². The Morgan fingerprint density at radius 3 is 2.48 bits per heavy atom. The van der Waals surface area contributed by atoms with Crippen molar-refractivity contribution in [2.45, 2.75) is 51.3 Å². The SMILES string of the molecule is CCN(CC)S(=O)(=O)c1ccc(CNC(=O)COc2cc(C)ccc2C(C)C)s1. The predicted octanol–water partition coefficient (Wildman–Crippen LogP) is 3.91. The highest BCUT2D eigenvalue weighted by Gasteiger charge is 2.23. The lowest BCUT2D eigenvalue weighted by molar-refractivity contribution is -0.123. The zero-order valence-electron chi connectivity index (χ0n) is 17.7. The third-order valence-corrected chi connectivity index (χ3v) is 8.15. The van der Waals surface area contributed by atoms with Crippen LogP contribution >= 0.6 is 11.3 Å². The monoisotopic (exact) mass is 438 g/mol. The highest BCUT2D eigenvalue weighted by Crippen LogP contribution is 2.27. The van der Waals surface area contributed by atoms with Crippen LogP contribution < -0.4 is 10.1 Å². The lowest BCUT2D eigenvalue weighted by Gasteiger charge is -2.16. The van der Waals surface area contributed by atoms with Crippen molar-refractivity contribution in [1.29, 1.82) is 0 Å². The summed E-state index contributed by atoms with van der Waals surface area (Å²) < 4.78 is 32.5. The molecule has 1 aromatic heterocycles. The van der Waals surface area contributed by atoms with Crippen LogP contribution in [0, 0.1) is 6.92 Å². The van der Waals surface area contributed by atoms with E-state index in [-0.39, 0.29) is 19.1 Å². The van der Waals surface area contributed by atoms with Gasteiger partial charge in [-0.15, -0.1) is 11.3 Å². The second-order valence-corrected chi connectivity index (χ2v) is 10.4. The van der Waals surface area contributed by atoms with Gasteiger partial charge >= 0.3 is 0 Å². The fourth-order valence-electron chi connectivity index (χ4n) is 2.91. The number of nitrogens with zero attached hydrogens (tertiary/aromatic N) is 1. The Labute approximate surface area is 177 Å². The van der Waals surface area contributed by atoms with Gasteiger partial charge in [-0.3, -0.25) is 4.79 Å². The van der Waals surface area contributed by atoms with Crippen LogP contribution in [-0.2, 0) is 21.4 Å². The van der Waals surface area contributed by atoms with Crippen molar-refractivity contribution < 1.29 is 17.9 Å². The van der Waals surface area contributed by atoms with Gasteiger partial charge in [0.05, 0.1) is 6.54 Å². The molecule has 0 radical (unpaired) electrons. The van der Waals surface area contributed by atoms with E-state index in [0.29, 0.717) is 23.2 Å². The molecule has 1 N–H and O–H groups in total. The van der Waals surface area contributed by atoms with Gasteiger partial charge in [-0.2, -0.15) is 4.31 Å². The van der Waals surface area contributed by atoms with Crippen LogP contribution in [0.4, 0.5) is 0 Å². The minimum atomic E-state index is -3.47. The summed E-state index contributed by atoms with van der Waals surface area (Å²) in [5, 5.41) is 2.79. The molecule has 8 heteroatoms. The molecule has 0 bridgehead atoms. The number of amides is 1. The van der Waals surface area contributed by atoms with E-state index in [4.69, 9.17) is 4.74 Å². The molecule has 2 rings (SSSR count). The van der Waals surface area contributed by atoms with Crippen LogP contribution in [0.5, 0.6) is 5.75 Å². The number of carbonyl (C=O) groups is 1. The maximum absolute atomic E-state index is 12.5. The van der Waals surface area contributed by atoms with Gasteiger partial charge in [-0.25, -0.2) is 8.42 Å². The molecule has 0 unspecified atom stereocenters. The normalized spacial score (nSPS) is 11.8. The topological polar surface area (TPSA) is 75.7 Å². The Kier molecular flexibility index (Phi) is 8.24. The van der Waals surface area contributed by atoms with Crippen molar-refractivity contribution in [2.75, 3.05) is 19.7 Å². The average Bonchev–Trinajstić information content (AvgIpc) is 3.15. The fourth-order valence-corrected chi connectivity index (χ4v) is 5.81. The Morgan fingerprint density at radius 1 is 1.17 bits per heavy atom. The van der Waals surface area contributed by atoms with Crippen molar-refractivity contribution in [2.24, 2.45) is 0 Å². The van der Waals surface area contributed by atoms with E-state index in [0.717, 1.165) is 21.8 Å². The fraction of sp³-hybridized carbons (Fsp3) is 0.476. The highest BCUT2D eigenvalue weighted by atomic mass is 32.2. The highest BCUT2D eigenvalue weighted by molar-refractivity contribution is 7.91. The van der Waals surface area contributed by atoms with Gasteiger partial charge in [-0.05, 0) is 42.2 Å². The van der Waals surface area contributed by atoms with Gasteiger partial charge in [0.25, 0.3) is 15.9 Å². The number of ether oxygens (including phenoxy) is 1. The maximum Gasteiger partial charge on any atom is 0.258 e. The molecule has 1 aromatic carbocycles. The molecule has 0 aliphatic rings. The van der Waals surface area contributed by atoms with Crippen LogP contribution in [0.15, 0.2) is 34.5 Å². The number of hydrogen-bond acceptors (Lipinski definition) is 5. The van der Waals surface area contributed by atoms with Gasteiger partial charge in [0.1, 0.15) is 9.96 Å². The largest absolute Gasteiger partial charge is 0.483 e. The molecule has 1 amide bonds. The maximum atomic E-state index is 12.5. The summed E-state index contributed by atoms with van der Waals surface area (Å²) in [4.78, 5) is 13.0. The number of sulfonamides is 1. The van der Waals surface area contributed by atoms with Crippen LogP contribution in [0.3, 0.4) is 0 Å². The molecule has 29 heavy (non-hydrogen) atoms. The van der Waals surface area contributed by atoms with E-state index in [1.54, 1.807) is 12.1 Å². The zero-order chi connectivity index (χ0) is 21.6. The Morgan fingerprint density at radius 2 is 1.86 bits per heavy atom. The Hall–Kier alpha value is -1.90. The van der Waals surface area contributed by atoms with Gasteiger partial charge < -0.3 is 10.1 Å². The molecule has 160 valence electrons. The lowest BCUT2D eigenvalue weighted by Crippen LogP contribution is -2.30. The van der Waals surface area contributed by atoms with E-state index in [9.17, 15) is 13.2 Å². The smallest absolute Gasteiger partial charge is 0.258 e. The van der Waals surface area contributed by atoms with E-state index in [1.807, 2.05) is 39.0 Å². The third kappa shape index (κ3) is 6.04. The van der Waals surface area contributed by atoms with E-state index >= 15 is 0 Å². The summed E-state index contributed by atoms with van der Waals surface area (Å²) >= 11 is 1.18. The van der Waals surface area contributed by atoms with Crippen LogP contribution in [-0.4, -0.2) is 38.3 Å². The molecule has 0 atom stereocenters. The van der Waals surface area contributed by atoms with Gasteiger partial charge in [-0.1, -0.05) is 39.8 Å². The quantitative estimate of drug-likeness (QED) is 0.610. The molecule has 0 aliphatic carbocycles. The van der Waals surface area contributed by atoms with Crippen LogP contribution in [0.1, 0.15) is 49.6 Å². The van der Waals surface area contributed by atoms with Gasteiger partial charge in [0.15, 0.2) is 6.61 Å². The molecule has 6 nitrogen and oxygen atoms in total. The molecule has 1 heterocycles. The Bertz CT molecular complexity index is 932. The Balaban J connectivity index is 1.94. The van der Waals surface area contributed by atoms with E-state index < -0.39 is 10.0 Å². The average molecular weight is 439 g/mol. The summed E-state index contributed by atoms with van der Waals surface area (Å²) in [7, 11) is -3.47. The van der Waals surface area contributed by atoms with Gasteiger partial charge in [0, 0.05) is 18.0 Å². The number of hydrogen-bond donors (Lipinski definition) is 1. The molecule has 0 fully saturated rings. The zero-order valence-corrected chi connectivity index (χ0v) is 19.3. The van der Waals surface area contributed by atoms with Crippen LogP contribution in [0.25, 0.3) is 0 Å². The molecule has 0 aliphatic heterocycles. The first-order chi connectivity index (χ1) is 13.7. The van der Waals surface area contributed by atoms with Crippen molar-refractivity contribution in [1.82, 2.24) is 9.62 Å². The minimum Gasteiger partial charge on any atom is -0.483 e. The van der Waals surface area contributed by atoms with Gasteiger partial charge in [0.2, 0.25) is 0 Å². The number of rotatable bonds is 10. The molecule has 0 spiro atoms. The number of carbonyl (C=O) groups excluding carboxylic acids is 1. The predicted molar refractivity (Wildman–Crippen MR) is 117 cm³/mol. The van der Waals surface area contributed by atoms with Crippen molar-refractivity contribution in [3.05, 3.63) is 46.3 Å². The molecule has 2 aromatic rings. The number of nitrogens with one attached hydrogen (secondary N) is 1. The number of benzene rings is 1. The second kappa shape index (κ2) is 10.2. The third-order valence-electron chi connectivity index (χ3n) is 4.55. The van der Waals surface area contributed by atoms with Crippen molar-refractivity contribution >= 4 is 27.3 Å². The first kappa shape index (κ1) is 23.4.